The maximum atomic E-state index is 12.1. The van der Waals surface area contributed by atoms with Gasteiger partial charge in [-0.3, -0.25) is 0 Å². The summed E-state index contributed by atoms with van der Waals surface area (Å²) in [5, 5.41) is 2.80. The average molecular weight is 353 g/mol. The van der Waals surface area contributed by atoms with Crippen molar-refractivity contribution in [3.63, 3.8) is 0 Å². The topological polar surface area (TPSA) is 68.9 Å². The highest BCUT2D eigenvalue weighted by Gasteiger charge is 2.30. The van der Waals surface area contributed by atoms with Gasteiger partial charge in [-0.05, 0) is 37.3 Å². The molecule has 0 heterocycles. The molecule has 0 saturated carbocycles. The zero-order valence-corrected chi connectivity index (χ0v) is 13.5. The number of benzene rings is 2. The van der Waals surface area contributed by atoms with E-state index in [1.165, 1.54) is 24.3 Å². The molecule has 0 aromatic heterocycles. The Balaban J connectivity index is 1.97. The first-order chi connectivity index (χ1) is 11.9. The van der Waals surface area contributed by atoms with E-state index in [1.807, 2.05) is 31.2 Å². The number of alkyl halides is 3. The fourth-order valence-electron chi connectivity index (χ4n) is 2.03. The van der Waals surface area contributed by atoms with Gasteiger partial charge in [0.05, 0.1) is 13.2 Å². The van der Waals surface area contributed by atoms with Crippen molar-refractivity contribution in [1.82, 2.24) is 0 Å². The Morgan fingerprint density at radius 1 is 1.12 bits per heavy atom. The van der Waals surface area contributed by atoms with E-state index in [2.05, 4.69) is 15.0 Å². The molecule has 0 amide bonds. The highest BCUT2D eigenvalue weighted by Crippen LogP contribution is 2.24. The van der Waals surface area contributed by atoms with Crippen molar-refractivity contribution in [2.24, 2.45) is 10.7 Å². The zero-order chi connectivity index (χ0) is 18.3. The van der Waals surface area contributed by atoms with Crippen LogP contribution in [0.4, 0.5) is 18.9 Å². The first kappa shape index (κ1) is 18.4. The van der Waals surface area contributed by atoms with Crippen LogP contribution in [0.2, 0.25) is 0 Å². The Bertz CT molecular complexity index is 716. The molecular weight excluding hydrogens is 335 g/mol. The number of nitrogens with two attached hydrogens (primary N) is 1. The number of ether oxygens (including phenoxy) is 2. The number of rotatable bonds is 6. The quantitative estimate of drug-likeness (QED) is 0.610. The van der Waals surface area contributed by atoms with Crippen LogP contribution < -0.4 is 20.5 Å². The van der Waals surface area contributed by atoms with Gasteiger partial charge in [-0.1, -0.05) is 18.2 Å². The monoisotopic (exact) mass is 353 g/mol. The second kappa shape index (κ2) is 8.27. The lowest BCUT2D eigenvalue weighted by Gasteiger charge is -2.11. The molecule has 8 heteroatoms. The summed E-state index contributed by atoms with van der Waals surface area (Å²) in [5.74, 6) is 0.560. The zero-order valence-electron chi connectivity index (χ0n) is 13.5. The van der Waals surface area contributed by atoms with Crippen LogP contribution in [-0.4, -0.2) is 18.9 Å². The Morgan fingerprint density at radius 3 is 2.44 bits per heavy atom. The third kappa shape index (κ3) is 6.25. The van der Waals surface area contributed by atoms with Gasteiger partial charge in [-0.2, -0.15) is 0 Å². The Labute approximate surface area is 143 Å². The summed E-state index contributed by atoms with van der Waals surface area (Å²) in [6.07, 6.45) is -4.72. The smallest absolute Gasteiger partial charge is 0.494 e. The van der Waals surface area contributed by atoms with E-state index in [9.17, 15) is 13.2 Å². The van der Waals surface area contributed by atoms with Gasteiger partial charge in [0.25, 0.3) is 0 Å². The third-order valence-electron chi connectivity index (χ3n) is 3.05. The van der Waals surface area contributed by atoms with Gasteiger partial charge in [-0.25, -0.2) is 4.99 Å². The van der Waals surface area contributed by atoms with Gasteiger partial charge < -0.3 is 20.5 Å². The SMILES string of the molecule is CCOc1ccccc1CN=C(N)Nc1ccc(OC(F)(F)F)cc1. The van der Waals surface area contributed by atoms with Crippen LogP contribution in [0.25, 0.3) is 0 Å². The van der Waals surface area contributed by atoms with Gasteiger partial charge in [0.1, 0.15) is 11.5 Å². The summed E-state index contributed by atoms with van der Waals surface area (Å²) in [5.41, 5.74) is 7.18. The third-order valence-corrected chi connectivity index (χ3v) is 3.05. The van der Waals surface area contributed by atoms with Crippen molar-refractivity contribution in [2.75, 3.05) is 11.9 Å². The van der Waals surface area contributed by atoms with Crippen LogP contribution in [0.15, 0.2) is 53.5 Å². The molecule has 0 fully saturated rings. The molecule has 5 nitrogen and oxygen atoms in total. The molecule has 0 saturated heterocycles. The molecule has 2 aromatic rings. The van der Waals surface area contributed by atoms with Gasteiger partial charge >= 0.3 is 6.36 Å². The Kier molecular flexibility index (Phi) is 6.10. The maximum absolute atomic E-state index is 12.1. The molecule has 0 radical (unpaired) electrons. The molecule has 25 heavy (non-hydrogen) atoms. The second-order valence-corrected chi connectivity index (χ2v) is 4.94. The molecular formula is C17H18F3N3O2. The number of nitrogens with zero attached hydrogens (tertiary/aromatic N) is 1. The summed E-state index contributed by atoms with van der Waals surface area (Å²) in [4.78, 5) is 4.21. The fraction of sp³-hybridized carbons (Fsp3) is 0.235. The van der Waals surface area contributed by atoms with Crippen LogP contribution in [0.3, 0.4) is 0 Å². The highest BCUT2D eigenvalue weighted by atomic mass is 19.4. The normalized spacial score (nSPS) is 11.9. The number of guanidine groups is 1. The number of halogens is 3. The average Bonchev–Trinajstić information content (AvgIpc) is 2.55. The molecule has 0 unspecified atom stereocenters. The van der Waals surface area contributed by atoms with Crippen LogP contribution in [0.1, 0.15) is 12.5 Å². The van der Waals surface area contributed by atoms with E-state index in [1.54, 1.807) is 0 Å². The largest absolute Gasteiger partial charge is 0.573 e. The molecule has 0 atom stereocenters. The van der Waals surface area contributed by atoms with Gasteiger partial charge in [0.2, 0.25) is 0 Å². The van der Waals surface area contributed by atoms with Crippen molar-refractivity contribution in [3.05, 3.63) is 54.1 Å². The molecule has 2 rings (SSSR count). The second-order valence-electron chi connectivity index (χ2n) is 4.94. The van der Waals surface area contributed by atoms with E-state index in [4.69, 9.17) is 10.5 Å². The fourth-order valence-corrected chi connectivity index (χ4v) is 2.03. The summed E-state index contributed by atoms with van der Waals surface area (Å²) in [7, 11) is 0. The predicted molar refractivity (Wildman–Crippen MR) is 89.7 cm³/mol. The van der Waals surface area contributed by atoms with Crippen LogP contribution in [-0.2, 0) is 6.54 Å². The Hall–Kier alpha value is -2.90. The van der Waals surface area contributed by atoms with Gasteiger partial charge in [0, 0.05) is 11.3 Å². The minimum Gasteiger partial charge on any atom is -0.494 e. The minimum absolute atomic E-state index is 0.135. The maximum Gasteiger partial charge on any atom is 0.573 e. The number of nitrogens with one attached hydrogen (secondary N) is 1. The molecule has 134 valence electrons. The van der Waals surface area contributed by atoms with Crippen molar-refractivity contribution in [2.45, 2.75) is 19.8 Å². The van der Waals surface area contributed by atoms with E-state index in [-0.39, 0.29) is 11.7 Å². The molecule has 3 N–H and O–H groups in total. The summed E-state index contributed by atoms with van der Waals surface area (Å²) in [6.45, 7) is 2.74. The van der Waals surface area contributed by atoms with Gasteiger partial charge in [0.15, 0.2) is 5.96 Å². The summed E-state index contributed by atoms with van der Waals surface area (Å²) in [6, 6.07) is 12.7. The van der Waals surface area contributed by atoms with E-state index in [0.717, 1.165) is 11.3 Å². The minimum atomic E-state index is -4.72. The van der Waals surface area contributed by atoms with E-state index >= 15 is 0 Å². The Morgan fingerprint density at radius 2 is 1.80 bits per heavy atom. The molecule has 0 bridgehead atoms. The predicted octanol–water partition coefficient (Wildman–Crippen LogP) is 3.91. The standard InChI is InChI=1S/C17H18F3N3O2/c1-2-24-15-6-4-3-5-12(15)11-22-16(21)23-13-7-9-14(10-8-13)25-17(18,19)20/h3-10H,2,11H2,1H3,(H3,21,22,23). The molecule has 0 aliphatic carbocycles. The van der Waals surface area contributed by atoms with Crippen LogP contribution in [0, 0.1) is 0 Å². The van der Waals surface area contributed by atoms with Crippen LogP contribution in [0.5, 0.6) is 11.5 Å². The first-order valence-corrected chi connectivity index (χ1v) is 7.51. The lowest BCUT2D eigenvalue weighted by molar-refractivity contribution is -0.274. The number of aliphatic imine (C=N–C) groups is 1. The summed E-state index contributed by atoms with van der Waals surface area (Å²) >= 11 is 0. The summed E-state index contributed by atoms with van der Waals surface area (Å²) < 4.78 is 45.6. The number of hydrogen-bond acceptors (Lipinski definition) is 3. The molecule has 0 aliphatic rings. The lowest BCUT2D eigenvalue weighted by Crippen LogP contribution is -2.22. The van der Waals surface area contributed by atoms with Crippen molar-refractivity contribution in [1.29, 1.82) is 0 Å². The molecule has 0 spiro atoms. The molecule has 2 aromatic carbocycles. The van der Waals surface area contributed by atoms with Crippen molar-refractivity contribution in [3.8, 4) is 11.5 Å². The van der Waals surface area contributed by atoms with E-state index in [0.29, 0.717) is 18.8 Å². The molecule has 0 aliphatic heterocycles. The number of para-hydroxylation sites is 1. The van der Waals surface area contributed by atoms with Crippen molar-refractivity contribution >= 4 is 11.6 Å². The lowest BCUT2D eigenvalue weighted by atomic mass is 10.2. The van der Waals surface area contributed by atoms with Crippen molar-refractivity contribution < 1.29 is 22.6 Å². The number of anilines is 1. The van der Waals surface area contributed by atoms with Crippen LogP contribution >= 0.6 is 0 Å². The van der Waals surface area contributed by atoms with E-state index < -0.39 is 6.36 Å². The van der Waals surface area contributed by atoms with Gasteiger partial charge in [-0.15, -0.1) is 13.2 Å². The highest BCUT2D eigenvalue weighted by molar-refractivity contribution is 5.92. The first-order valence-electron chi connectivity index (χ1n) is 7.51. The number of hydrogen-bond donors (Lipinski definition) is 2.